The molecule has 0 spiro atoms. The van der Waals surface area contributed by atoms with Crippen LogP contribution in [0, 0.1) is 6.92 Å². The second kappa shape index (κ2) is 6.42. The standard InChI is InChI=1S/C21H20N2O3/c1-14-10-19(24)17-8-4-5-9-18(17)23(14)13-21(26)22-11-15-6-2-3-7-16(15)20(25)12-22/h2-10,20,25H,11-13H2,1H3/t20-/m0/s1. The molecule has 1 aliphatic rings. The number of rotatable bonds is 2. The van der Waals surface area contributed by atoms with Gasteiger partial charge in [0.1, 0.15) is 6.54 Å². The van der Waals surface area contributed by atoms with Crippen molar-refractivity contribution in [2.45, 2.75) is 26.1 Å². The second-order valence-electron chi connectivity index (χ2n) is 6.74. The van der Waals surface area contributed by atoms with Crippen molar-refractivity contribution in [1.29, 1.82) is 0 Å². The molecule has 1 aromatic heterocycles. The minimum absolute atomic E-state index is 0.0379. The number of pyridine rings is 1. The van der Waals surface area contributed by atoms with Crippen molar-refractivity contribution < 1.29 is 9.90 Å². The molecule has 1 amide bonds. The zero-order valence-electron chi connectivity index (χ0n) is 14.6. The van der Waals surface area contributed by atoms with Gasteiger partial charge in [0.15, 0.2) is 5.43 Å². The molecule has 0 radical (unpaired) electrons. The van der Waals surface area contributed by atoms with Gasteiger partial charge in [0.2, 0.25) is 5.91 Å². The number of β-amino-alcohol motifs (C(OH)–C–C–N with tert-alkyl or cyclic N) is 1. The van der Waals surface area contributed by atoms with Gasteiger partial charge >= 0.3 is 0 Å². The summed E-state index contributed by atoms with van der Waals surface area (Å²) in [4.78, 5) is 26.8. The molecule has 2 heterocycles. The topological polar surface area (TPSA) is 62.5 Å². The maximum Gasteiger partial charge on any atom is 0.242 e. The fourth-order valence-corrected chi connectivity index (χ4v) is 3.67. The average molecular weight is 348 g/mol. The van der Waals surface area contributed by atoms with E-state index in [1.807, 2.05) is 54.0 Å². The van der Waals surface area contributed by atoms with Crippen LogP contribution in [0.25, 0.3) is 10.9 Å². The van der Waals surface area contributed by atoms with Crippen molar-refractivity contribution in [3.05, 3.63) is 81.6 Å². The lowest BCUT2D eigenvalue weighted by molar-refractivity contribution is -0.134. The quantitative estimate of drug-likeness (QED) is 0.773. The van der Waals surface area contributed by atoms with Crippen molar-refractivity contribution in [2.24, 2.45) is 0 Å². The lowest BCUT2D eigenvalue weighted by Crippen LogP contribution is -2.40. The van der Waals surface area contributed by atoms with Gasteiger partial charge in [-0.2, -0.15) is 0 Å². The number of carbonyl (C=O) groups is 1. The average Bonchev–Trinajstić information content (AvgIpc) is 2.65. The minimum Gasteiger partial charge on any atom is -0.387 e. The number of amides is 1. The molecule has 0 aliphatic carbocycles. The number of carbonyl (C=O) groups excluding carboxylic acids is 1. The molecule has 0 bridgehead atoms. The normalized spacial score (nSPS) is 16.5. The number of hydrogen-bond acceptors (Lipinski definition) is 3. The summed E-state index contributed by atoms with van der Waals surface area (Å²) >= 11 is 0. The van der Waals surface area contributed by atoms with Crippen LogP contribution in [0.2, 0.25) is 0 Å². The first-order valence-electron chi connectivity index (χ1n) is 8.67. The van der Waals surface area contributed by atoms with Gasteiger partial charge in [-0.3, -0.25) is 9.59 Å². The lowest BCUT2D eigenvalue weighted by Gasteiger charge is -2.32. The van der Waals surface area contributed by atoms with E-state index in [0.29, 0.717) is 11.9 Å². The fraction of sp³-hybridized carbons (Fsp3) is 0.238. The van der Waals surface area contributed by atoms with Crippen molar-refractivity contribution in [1.82, 2.24) is 9.47 Å². The Kier molecular flexibility index (Phi) is 4.09. The van der Waals surface area contributed by atoms with Crippen LogP contribution in [-0.4, -0.2) is 27.0 Å². The number of aromatic nitrogens is 1. The van der Waals surface area contributed by atoms with E-state index in [1.54, 1.807) is 17.0 Å². The molecular weight excluding hydrogens is 328 g/mol. The van der Waals surface area contributed by atoms with Crippen molar-refractivity contribution in [3.8, 4) is 0 Å². The Morgan fingerprint density at radius 2 is 1.88 bits per heavy atom. The smallest absolute Gasteiger partial charge is 0.242 e. The third-order valence-electron chi connectivity index (χ3n) is 5.04. The van der Waals surface area contributed by atoms with Crippen LogP contribution >= 0.6 is 0 Å². The Bertz CT molecular complexity index is 1050. The highest BCUT2D eigenvalue weighted by atomic mass is 16.3. The number of para-hydroxylation sites is 1. The van der Waals surface area contributed by atoms with Gasteiger partial charge in [0.05, 0.1) is 18.2 Å². The van der Waals surface area contributed by atoms with Gasteiger partial charge in [-0.15, -0.1) is 0 Å². The van der Waals surface area contributed by atoms with Gasteiger partial charge in [-0.25, -0.2) is 0 Å². The van der Waals surface area contributed by atoms with Gasteiger partial charge < -0.3 is 14.6 Å². The van der Waals surface area contributed by atoms with E-state index in [9.17, 15) is 14.7 Å². The van der Waals surface area contributed by atoms with E-state index in [2.05, 4.69) is 0 Å². The highest BCUT2D eigenvalue weighted by Crippen LogP contribution is 2.26. The van der Waals surface area contributed by atoms with E-state index in [0.717, 1.165) is 22.3 Å². The zero-order chi connectivity index (χ0) is 18.3. The molecule has 5 nitrogen and oxygen atoms in total. The maximum absolute atomic E-state index is 12.9. The molecule has 26 heavy (non-hydrogen) atoms. The summed E-state index contributed by atoms with van der Waals surface area (Å²) < 4.78 is 1.87. The number of benzene rings is 2. The van der Waals surface area contributed by atoms with E-state index in [-0.39, 0.29) is 24.4 Å². The minimum atomic E-state index is -0.671. The SMILES string of the molecule is Cc1cc(=O)c2ccccc2n1CC(=O)N1Cc2ccccc2[C@@H](O)C1. The van der Waals surface area contributed by atoms with Gasteiger partial charge in [0, 0.05) is 23.7 Å². The predicted molar refractivity (Wildman–Crippen MR) is 99.8 cm³/mol. The Morgan fingerprint density at radius 1 is 1.15 bits per heavy atom. The summed E-state index contributed by atoms with van der Waals surface area (Å²) in [5, 5.41) is 11.0. The van der Waals surface area contributed by atoms with Crippen LogP contribution in [0.15, 0.2) is 59.4 Å². The summed E-state index contributed by atoms with van der Waals surface area (Å²) in [6, 6.07) is 16.5. The Morgan fingerprint density at radius 3 is 2.73 bits per heavy atom. The molecule has 1 atom stereocenters. The first kappa shape index (κ1) is 16.5. The lowest BCUT2D eigenvalue weighted by atomic mass is 9.97. The maximum atomic E-state index is 12.9. The first-order chi connectivity index (χ1) is 12.5. The highest BCUT2D eigenvalue weighted by Gasteiger charge is 2.26. The van der Waals surface area contributed by atoms with Crippen LogP contribution in [0.4, 0.5) is 0 Å². The molecule has 2 aromatic carbocycles. The third-order valence-corrected chi connectivity index (χ3v) is 5.04. The second-order valence-corrected chi connectivity index (χ2v) is 6.74. The predicted octanol–water partition coefficient (Wildman–Crippen LogP) is 2.39. The number of hydrogen-bond donors (Lipinski definition) is 1. The molecular formula is C21H20N2O3. The molecule has 0 saturated heterocycles. The Hall–Kier alpha value is -2.92. The van der Waals surface area contributed by atoms with E-state index >= 15 is 0 Å². The van der Waals surface area contributed by atoms with Crippen LogP contribution in [0.5, 0.6) is 0 Å². The molecule has 0 fully saturated rings. The molecule has 1 N–H and O–H groups in total. The highest BCUT2D eigenvalue weighted by molar-refractivity contribution is 5.83. The molecule has 1 aliphatic heterocycles. The molecule has 132 valence electrons. The Balaban J connectivity index is 1.66. The fourth-order valence-electron chi connectivity index (χ4n) is 3.67. The van der Waals surface area contributed by atoms with Crippen LogP contribution in [-0.2, 0) is 17.9 Å². The van der Waals surface area contributed by atoms with Crippen LogP contribution in [0.3, 0.4) is 0 Å². The molecule has 5 heteroatoms. The van der Waals surface area contributed by atoms with E-state index in [4.69, 9.17) is 0 Å². The van der Waals surface area contributed by atoms with Crippen LogP contribution < -0.4 is 5.43 Å². The summed E-state index contributed by atoms with van der Waals surface area (Å²) in [7, 11) is 0. The van der Waals surface area contributed by atoms with E-state index in [1.165, 1.54) is 0 Å². The number of nitrogens with zero attached hydrogens (tertiary/aromatic N) is 2. The summed E-state index contributed by atoms with van der Waals surface area (Å²) in [6.07, 6.45) is -0.671. The van der Waals surface area contributed by atoms with Crippen molar-refractivity contribution in [3.63, 3.8) is 0 Å². The van der Waals surface area contributed by atoms with Gasteiger partial charge in [-0.05, 0) is 30.2 Å². The Labute approximate surface area is 151 Å². The number of aliphatic hydroxyl groups excluding tert-OH is 1. The third kappa shape index (κ3) is 2.80. The summed E-state index contributed by atoms with van der Waals surface area (Å²) in [6.45, 7) is 2.75. The molecule has 3 aromatic rings. The van der Waals surface area contributed by atoms with Crippen molar-refractivity contribution in [2.75, 3.05) is 6.54 Å². The van der Waals surface area contributed by atoms with Gasteiger partial charge in [-0.1, -0.05) is 36.4 Å². The largest absolute Gasteiger partial charge is 0.387 e. The number of fused-ring (bicyclic) bond motifs is 2. The van der Waals surface area contributed by atoms with Crippen molar-refractivity contribution >= 4 is 16.8 Å². The number of aliphatic hydroxyl groups is 1. The van der Waals surface area contributed by atoms with E-state index < -0.39 is 6.10 Å². The zero-order valence-corrected chi connectivity index (χ0v) is 14.6. The summed E-state index contributed by atoms with van der Waals surface area (Å²) in [5.74, 6) is -0.0737. The monoisotopic (exact) mass is 348 g/mol. The number of aryl methyl sites for hydroxylation is 1. The van der Waals surface area contributed by atoms with Crippen LogP contribution in [0.1, 0.15) is 22.9 Å². The molecule has 0 unspecified atom stereocenters. The molecule has 4 rings (SSSR count). The summed E-state index contributed by atoms with van der Waals surface area (Å²) in [5.41, 5.74) is 3.33. The van der Waals surface area contributed by atoms with Gasteiger partial charge in [0.25, 0.3) is 0 Å². The molecule has 0 saturated carbocycles. The first-order valence-corrected chi connectivity index (χ1v) is 8.67.